The number of fused-ring (bicyclic) bond motifs is 1. The first-order chi connectivity index (χ1) is 18.4. The minimum absolute atomic E-state index is 0.0872. The first-order valence-electron chi connectivity index (χ1n) is 13.6. The number of rotatable bonds is 9. The summed E-state index contributed by atoms with van der Waals surface area (Å²) < 4.78 is 22.0. The minimum atomic E-state index is -0.319. The number of amides is 1. The summed E-state index contributed by atoms with van der Waals surface area (Å²) in [6.07, 6.45) is 5.47. The number of esters is 1. The summed E-state index contributed by atoms with van der Waals surface area (Å²) in [4.78, 5) is 30.8. The van der Waals surface area contributed by atoms with E-state index >= 15 is 0 Å². The zero-order chi connectivity index (χ0) is 27.0. The molecule has 2 fully saturated rings. The van der Waals surface area contributed by atoms with Crippen LogP contribution in [0.15, 0.2) is 36.4 Å². The fourth-order valence-corrected chi connectivity index (χ4v) is 5.55. The number of hydrogen-bond acceptors (Lipinski definition) is 7. The Labute approximate surface area is 224 Å². The molecule has 1 aromatic carbocycles. The summed E-state index contributed by atoms with van der Waals surface area (Å²) in [5, 5.41) is 6.28. The number of para-hydroxylation sites is 1. The molecule has 1 amide bonds. The van der Waals surface area contributed by atoms with Gasteiger partial charge in [-0.05, 0) is 61.8 Å². The van der Waals surface area contributed by atoms with Gasteiger partial charge in [-0.15, -0.1) is 0 Å². The zero-order valence-electron chi connectivity index (χ0n) is 22.4. The predicted octanol–water partition coefficient (Wildman–Crippen LogP) is 3.60. The van der Waals surface area contributed by atoms with E-state index in [2.05, 4.69) is 32.4 Å². The standard InChI is InChI=1S/C22H32N4O3.C7H7FO/c1-2-29-19(27)7-10-24-21(28)17-12-22(13-17)14-26(15-22)11-8-18-6-5-16-4-3-9-23-20(16)25-18;1-9-7-5-3-2-4-6(7)8/h5-6,17H,2-4,7-15H2,1H3,(H,23,25)(H,24,28);2-5H,1H3. The molecular formula is C29H39FN4O4. The largest absolute Gasteiger partial charge is 0.494 e. The summed E-state index contributed by atoms with van der Waals surface area (Å²) in [6, 6.07) is 10.7. The molecule has 3 aliphatic rings. The van der Waals surface area contributed by atoms with Crippen LogP contribution in [0, 0.1) is 17.2 Å². The number of ether oxygens (including phenoxy) is 2. The summed E-state index contributed by atoms with van der Waals surface area (Å²) in [7, 11) is 1.44. The fraction of sp³-hybridized carbons (Fsp3) is 0.552. The Morgan fingerprint density at radius 1 is 1.21 bits per heavy atom. The second kappa shape index (κ2) is 13.0. The van der Waals surface area contributed by atoms with Gasteiger partial charge < -0.3 is 25.0 Å². The Bertz CT molecular complexity index is 1100. The van der Waals surface area contributed by atoms with Crippen LogP contribution in [0.1, 0.15) is 43.9 Å². The van der Waals surface area contributed by atoms with Gasteiger partial charge >= 0.3 is 5.97 Å². The van der Waals surface area contributed by atoms with Gasteiger partial charge in [0, 0.05) is 50.8 Å². The molecule has 1 aromatic heterocycles. The molecule has 2 N–H and O–H groups in total. The Morgan fingerprint density at radius 2 is 2.00 bits per heavy atom. The Kier molecular flexibility index (Phi) is 9.55. The lowest BCUT2D eigenvalue weighted by molar-refractivity contribution is -0.145. The number of nitrogens with one attached hydrogen (secondary N) is 2. The van der Waals surface area contributed by atoms with Gasteiger partial charge in [0.15, 0.2) is 11.6 Å². The Hall–Kier alpha value is -3.20. The van der Waals surface area contributed by atoms with Crippen LogP contribution in [0.25, 0.3) is 0 Å². The molecule has 0 atom stereocenters. The van der Waals surface area contributed by atoms with E-state index in [4.69, 9.17) is 9.72 Å². The monoisotopic (exact) mass is 526 g/mol. The molecule has 1 saturated heterocycles. The van der Waals surface area contributed by atoms with Gasteiger partial charge in [-0.1, -0.05) is 18.2 Å². The number of likely N-dealkylation sites (tertiary alicyclic amines) is 1. The summed E-state index contributed by atoms with van der Waals surface area (Å²) in [6.45, 7) is 6.77. The van der Waals surface area contributed by atoms with Crippen molar-refractivity contribution in [3.05, 3.63) is 53.5 Å². The number of carbonyl (C=O) groups is 2. The fourth-order valence-electron chi connectivity index (χ4n) is 5.55. The highest BCUT2D eigenvalue weighted by Gasteiger charge is 2.53. The van der Waals surface area contributed by atoms with Crippen molar-refractivity contribution in [3.63, 3.8) is 0 Å². The first kappa shape index (κ1) is 27.8. The third kappa shape index (κ3) is 7.22. The molecule has 2 aromatic rings. The normalized spacial score (nSPS) is 17.6. The Morgan fingerprint density at radius 3 is 2.71 bits per heavy atom. The quantitative estimate of drug-likeness (QED) is 0.483. The molecule has 9 heteroatoms. The van der Waals surface area contributed by atoms with Gasteiger partial charge in [-0.25, -0.2) is 9.37 Å². The van der Waals surface area contributed by atoms with Gasteiger partial charge in [-0.2, -0.15) is 0 Å². The number of methoxy groups -OCH3 is 1. The molecule has 38 heavy (non-hydrogen) atoms. The minimum Gasteiger partial charge on any atom is -0.494 e. The van der Waals surface area contributed by atoms with Crippen LogP contribution in [0.2, 0.25) is 0 Å². The van der Waals surface area contributed by atoms with Gasteiger partial charge in [0.25, 0.3) is 0 Å². The number of hydrogen-bond donors (Lipinski definition) is 2. The van der Waals surface area contributed by atoms with E-state index in [1.807, 2.05) is 0 Å². The molecule has 0 unspecified atom stereocenters. The van der Waals surface area contributed by atoms with Crippen molar-refractivity contribution in [2.45, 2.75) is 45.4 Å². The lowest BCUT2D eigenvalue weighted by atomic mass is 9.57. The van der Waals surface area contributed by atoms with Crippen molar-refractivity contribution >= 4 is 17.7 Å². The maximum Gasteiger partial charge on any atom is 0.307 e. The molecule has 1 spiro atoms. The van der Waals surface area contributed by atoms with Crippen molar-refractivity contribution in [3.8, 4) is 5.75 Å². The number of pyridine rings is 1. The highest BCUT2D eigenvalue weighted by atomic mass is 19.1. The maximum atomic E-state index is 12.5. The topological polar surface area (TPSA) is 92.8 Å². The number of aryl methyl sites for hydroxylation is 1. The van der Waals surface area contributed by atoms with E-state index in [-0.39, 0.29) is 35.8 Å². The SMILES string of the molecule is CCOC(=O)CCNC(=O)C1CC2(C1)CN(CCc1ccc3c(n1)NCCC3)C2.COc1ccccc1F. The molecular weight excluding hydrogens is 487 g/mol. The third-order valence-corrected chi connectivity index (χ3v) is 7.47. The van der Waals surface area contributed by atoms with Gasteiger partial charge in [0.1, 0.15) is 5.82 Å². The lowest BCUT2D eigenvalue weighted by Crippen LogP contribution is -2.64. The van der Waals surface area contributed by atoms with Crippen molar-refractivity contribution in [2.24, 2.45) is 11.3 Å². The maximum absolute atomic E-state index is 12.5. The summed E-state index contributed by atoms with van der Waals surface area (Å²) in [5.74, 6) is 0.982. The summed E-state index contributed by atoms with van der Waals surface area (Å²) >= 11 is 0. The molecule has 0 bridgehead atoms. The van der Waals surface area contributed by atoms with Crippen LogP contribution in [0.3, 0.4) is 0 Å². The third-order valence-electron chi connectivity index (χ3n) is 7.47. The predicted molar refractivity (Wildman–Crippen MR) is 144 cm³/mol. The number of halogens is 1. The zero-order valence-corrected chi connectivity index (χ0v) is 22.4. The molecule has 206 valence electrons. The number of carbonyl (C=O) groups excluding carboxylic acids is 2. The molecule has 1 aliphatic carbocycles. The molecule has 1 saturated carbocycles. The highest BCUT2D eigenvalue weighted by molar-refractivity contribution is 5.80. The van der Waals surface area contributed by atoms with E-state index in [1.165, 1.54) is 25.2 Å². The molecule has 5 rings (SSSR count). The van der Waals surface area contributed by atoms with Gasteiger partial charge in [0.05, 0.1) is 20.1 Å². The van der Waals surface area contributed by atoms with Crippen molar-refractivity contribution in [1.82, 2.24) is 15.2 Å². The summed E-state index contributed by atoms with van der Waals surface area (Å²) in [5.41, 5.74) is 2.84. The number of anilines is 1. The van der Waals surface area contributed by atoms with Crippen LogP contribution >= 0.6 is 0 Å². The molecule has 0 radical (unpaired) electrons. The van der Waals surface area contributed by atoms with Crippen LogP contribution in [-0.2, 0) is 27.2 Å². The van der Waals surface area contributed by atoms with E-state index in [0.29, 0.717) is 18.6 Å². The van der Waals surface area contributed by atoms with Crippen molar-refractivity contribution in [2.75, 3.05) is 51.8 Å². The van der Waals surface area contributed by atoms with E-state index < -0.39 is 0 Å². The molecule has 2 aliphatic heterocycles. The van der Waals surface area contributed by atoms with E-state index in [0.717, 1.165) is 63.4 Å². The Balaban J connectivity index is 0.000000317. The van der Waals surface area contributed by atoms with Crippen molar-refractivity contribution < 1.29 is 23.5 Å². The lowest BCUT2D eigenvalue weighted by Gasteiger charge is -2.58. The molecule has 3 heterocycles. The second-order valence-corrected chi connectivity index (χ2v) is 10.4. The highest BCUT2D eigenvalue weighted by Crippen LogP contribution is 2.51. The van der Waals surface area contributed by atoms with Gasteiger partial charge in [0.2, 0.25) is 5.91 Å². The van der Waals surface area contributed by atoms with Gasteiger partial charge in [-0.3, -0.25) is 9.59 Å². The van der Waals surface area contributed by atoms with E-state index in [1.54, 1.807) is 25.1 Å². The van der Waals surface area contributed by atoms with E-state index in [9.17, 15) is 14.0 Å². The van der Waals surface area contributed by atoms with Crippen molar-refractivity contribution in [1.29, 1.82) is 0 Å². The van der Waals surface area contributed by atoms with Crippen LogP contribution < -0.4 is 15.4 Å². The number of nitrogens with zero attached hydrogens (tertiary/aromatic N) is 2. The molecule has 8 nitrogen and oxygen atoms in total. The average Bonchev–Trinajstić information content (AvgIpc) is 2.87. The van der Waals surface area contributed by atoms with Crippen LogP contribution in [0.4, 0.5) is 10.2 Å². The number of aromatic nitrogens is 1. The number of benzene rings is 1. The smallest absolute Gasteiger partial charge is 0.307 e. The second-order valence-electron chi connectivity index (χ2n) is 10.4. The first-order valence-corrected chi connectivity index (χ1v) is 13.6. The van der Waals surface area contributed by atoms with Crippen LogP contribution in [-0.4, -0.2) is 68.2 Å². The average molecular weight is 527 g/mol. The van der Waals surface area contributed by atoms with Crippen LogP contribution in [0.5, 0.6) is 5.75 Å².